The minimum absolute atomic E-state index is 1.10. The fourth-order valence-electron chi connectivity index (χ4n) is 0.651. The van der Waals surface area contributed by atoms with Crippen LogP contribution in [0.4, 0.5) is 0 Å². The Morgan fingerprint density at radius 1 is 1.00 bits per heavy atom. The normalized spacial score (nSPS) is 17.8. The van der Waals surface area contributed by atoms with E-state index in [2.05, 4.69) is 19.7 Å². The monoisotopic (exact) mass is 168 g/mol. The Bertz CT molecular complexity index is 201. The number of rotatable bonds is 2. The molecule has 0 N–H and O–H groups in total. The van der Waals surface area contributed by atoms with Crippen LogP contribution in [0.25, 0.3) is 0 Å². The van der Waals surface area contributed by atoms with Gasteiger partial charge < -0.3 is 0 Å². The first-order chi connectivity index (χ1) is 4.77. The van der Waals surface area contributed by atoms with Crippen LogP contribution in [0.3, 0.4) is 0 Å². The van der Waals surface area contributed by atoms with Crippen LogP contribution in [0.5, 0.6) is 0 Å². The number of hydrogen-bond donors (Lipinski definition) is 0. The van der Waals surface area contributed by atoms with Gasteiger partial charge in [-0.3, -0.25) is 0 Å². The fourth-order valence-corrected chi connectivity index (χ4v) is 2.63. The number of thioether (sulfide) groups is 2. The highest BCUT2D eigenvalue weighted by Gasteiger charge is 2.13. The standard InChI is InChI=1S/C8H8S2/c1-4-7-8(5-2)10-6(3)9-7/h4-5H,1-3H2. The lowest BCUT2D eigenvalue weighted by atomic mass is 10.5. The molecule has 52 valence electrons. The van der Waals surface area contributed by atoms with Crippen molar-refractivity contribution in [2.24, 2.45) is 0 Å². The third-order valence-electron chi connectivity index (χ3n) is 1.06. The predicted octanol–water partition coefficient (Wildman–Crippen LogP) is 3.52. The lowest BCUT2D eigenvalue weighted by Gasteiger charge is -1.88. The molecule has 0 fully saturated rings. The highest BCUT2D eigenvalue weighted by atomic mass is 32.2. The summed E-state index contributed by atoms with van der Waals surface area (Å²) in [5.74, 6) is 0. The average Bonchev–Trinajstić information content (AvgIpc) is 2.30. The first-order valence-electron chi connectivity index (χ1n) is 2.81. The summed E-state index contributed by atoms with van der Waals surface area (Å²) in [5, 5.41) is 0. The predicted molar refractivity (Wildman–Crippen MR) is 51.7 cm³/mol. The quantitative estimate of drug-likeness (QED) is 0.618. The third kappa shape index (κ3) is 1.39. The summed E-state index contributed by atoms with van der Waals surface area (Å²) in [6.45, 7) is 11.2. The van der Waals surface area contributed by atoms with Crippen molar-refractivity contribution >= 4 is 23.5 Å². The van der Waals surface area contributed by atoms with Gasteiger partial charge in [0.2, 0.25) is 0 Å². The van der Waals surface area contributed by atoms with Crippen molar-refractivity contribution in [3.8, 4) is 0 Å². The van der Waals surface area contributed by atoms with Gasteiger partial charge in [0.15, 0.2) is 0 Å². The Hall–Kier alpha value is -0.340. The van der Waals surface area contributed by atoms with E-state index in [0.717, 1.165) is 4.24 Å². The van der Waals surface area contributed by atoms with Crippen LogP contribution in [-0.4, -0.2) is 0 Å². The summed E-state index contributed by atoms with van der Waals surface area (Å²) in [4.78, 5) is 2.34. The number of hydrogen-bond acceptors (Lipinski definition) is 2. The summed E-state index contributed by atoms with van der Waals surface area (Å²) in [5.41, 5.74) is 0. The summed E-state index contributed by atoms with van der Waals surface area (Å²) in [7, 11) is 0. The Kier molecular flexibility index (Phi) is 2.46. The van der Waals surface area contributed by atoms with Gasteiger partial charge in [0.05, 0.1) is 0 Å². The molecule has 1 heterocycles. The topological polar surface area (TPSA) is 0 Å². The van der Waals surface area contributed by atoms with Crippen LogP contribution in [-0.2, 0) is 0 Å². The Morgan fingerprint density at radius 3 is 1.70 bits per heavy atom. The SMILES string of the molecule is C=CC1=C(C=C)SC(=C)S1. The molecule has 0 saturated heterocycles. The zero-order valence-electron chi connectivity index (χ0n) is 5.59. The molecule has 0 aromatic rings. The van der Waals surface area contributed by atoms with E-state index in [0.29, 0.717) is 0 Å². The summed E-state index contributed by atoms with van der Waals surface area (Å²) in [6.07, 6.45) is 3.68. The van der Waals surface area contributed by atoms with Gasteiger partial charge in [0, 0.05) is 14.0 Å². The molecule has 0 nitrogen and oxygen atoms in total. The fraction of sp³-hybridized carbons (Fsp3) is 0. The molecule has 2 heteroatoms. The van der Waals surface area contributed by atoms with Gasteiger partial charge in [-0.05, 0) is 0 Å². The maximum atomic E-state index is 3.84. The second-order valence-corrected chi connectivity index (χ2v) is 4.24. The largest absolute Gasteiger partial charge is 0.0979 e. The van der Waals surface area contributed by atoms with Crippen LogP contribution in [0.2, 0.25) is 0 Å². The van der Waals surface area contributed by atoms with Crippen molar-refractivity contribution in [1.29, 1.82) is 0 Å². The van der Waals surface area contributed by atoms with Crippen molar-refractivity contribution in [3.63, 3.8) is 0 Å². The van der Waals surface area contributed by atoms with Crippen LogP contribution >= 0.6 is 23.5 Å². The van der Waals surface area contributed by atoms with E-state index in [9.17, 15) is 0 Å². The molecule has 1 aliphatic rings. The molecule has 1 aliphatic heterocycles. The van der Waals surface area contributed by atoms with E-state index in [-0.39, 0.29) is 0 Å². The molecular formula is C8H8S2. The van der Waals surface area contributed by atoms with E-state index >= 15 is 0 Å². The number of allylic oxidation sites excluding steroid dienone is 2. The van der Waals surface area contributed by atoms with Crippen LogP contribution in [0.15, 0.2) is 45.9 Å². The van der Waals surface area contributed by atoms with E-state index in [1.165, 1.54) is 9.81 Å². The molecule has 1 rings (SSSR count). The summed E-state index contributed by atoms with van der Waals surface area (Å²) in [6, 6.07) is 0. The summed E-state index contributed by atoms with van der Waals surface area (Å²) >= 11 is 3.31. The Labute approximate surface area is 69.8 Å². The molecule has 0 unspecified atom stereocenters. The maximum Gasteiger partial charge on any atom is 0.0427 e. The molecule has 0 radical (unpaired) electrons. The molecule has 0 aromatic heterocycles. The molecular weight excluding hydrogens is 160 g/mol. The average molecular weight is 168 g/mol. The minimum Gasteiger partial charge on any atom is -0.0979 e. The first kappa shape index (κ1) is 7.76. The minimum atomic E-state index is 1.10. The zero-order chi connectivity index (χ0) is 7.56. The Balaban J connectivity index is 2.90. The van der Waals surface area contributed by atoms with E-state index < -0.39 is 0 Å². The lowest BCUT2D eigenvalue weighted by molar-refractivity contribution is 1.88. The van der Waals surface area contributed by atoms with Crippen molar-refractivity contribution in [1.82, 2.24) is 0 Å². The molecule has 0 aromatic carbocycles. The molecule has 0 atom stereocenters. The lowest BCUT2D eigenvalue weighted by Crippen LogP contribution is -1.64. The molecule has 0 spiro atoms. The molecule has 0 saturated carbocycles. The van der Waals surface area contributed by atoms with Crippen molar-refractivity contribution in [2.75, 3.05) is 0 Å². The molecule has 10 heavy (non-hydrogen) atoms. The molecule has 0 aliphatic carbocycles. The molecule has 0 bridgehead atoms. The maximum absolute atomic E-state index is 3.84. The Morgan fingerprint density at radius 2 is 1.40 bits per heavy atom. The van der Waals surface area contributed by atoms with E-state index in [1.807, 2.05) is 12.2 Å². The first-order valence-corrected chi connectivity index (χ1v) is 4.45. The summed E-state index contributed by atoms with van der Waals surface area (Å²) < 4.78 is 1.10. The smallest absolute Gasteiger partial charge is 0.0427 e. The van der Waals surface area contributed by atoms with Crippen molar-refractivity contribution in [2.45, 2.75) is 0 Å². The zero-order valence-corrected chi connectivity index (χ0v) is 7.23. The highest BCUT2D eigenvalue weighted by molar-refractivity contribution is 8.28. The molecule has 0 amide bonds. The third-order valence-corrected chi connectivity index (χ3v) is 3.36. The van der Waals surface area contributed by atoms with Gasteiger partial charge in [-0.15, -0.1) is 0 Å². The highest BCUT2D eigenvalue weighted by Crippen LogP contribution is 2.48. The van der Waals surface area contributed by atoms with Gasteiger partial charge in [-0.2, -0.15) is 0 Å². The van der Waals surface area contributed by atoms with Crippen LogP contribution < -0.4 is 0 Å². The van der Waals surface area contributed by atoms with E-state index in [4.69, 9.17) is 0 Å². The second kappa shape index (κ2) is 3.17. The van der Waals surface area contributed by atoms with E-state index in [1.54, 1.807) is 23.5 Å². The van der Waals surface area contributed by atoms with Gasteiger partial charge >= 0.3 is 0 Å². The van der Waals surface area contributed by atoms with Gasteiger partial charge in [-0.25, -0.2) is 0 Å². The van der Waals surface area contributed by atoms with Crippen LogP contribution in [0, 0.1) is 0 Å². The van der Waals surface area contributed by atoms with Gasteiger partial charge in [-0.1, -0.05) is 55.4 Å². The second-order valence-electron chi connectivity index (χ2n) is 1.71. The van der Waals surface area contributed by atoms with Gasteiger partial charge in [0.25, 0.3) is 0 Å². The van der Waals surface area contributed by atoms with Crippen molar-refractivity contribution in [3.05, 3.63) is 45.9 Å². The van der Waals surface area contributed by atoms with Crippen molar-refractivity contribution < 1.29 is 0 Å². The van der Waals surface area contributed by atoms with Crippen LogP contribution in [0.1, 0.15) is 0 Å². The van der Waals surface area contributed by atoms with Gasteiger partial charge in [0.1, 0.15) is 0 Å².